The van der Waals surface area contributed by atoms with Gasteiger partial charge in [-0.2, -0.15) is 0 Å². The zero-order valence-electron chi connectivity index (χ0n) is 14.4. The zero-order valence-corrected chi connectivity index (χ0v) is 14.4. The van der Waals surface area contributed by atoms with Crippen LogP contribution >= 0.6 is 0 Å². The highest BCUT2D eigenvalue weighted by molar-refractivity contribution is 5.80. The molecule has 1 N–H and O–H groups in total. The number of carbonyl (C=O) groups excluding carboxylic acids is 1. The van der Waals surface area contributed by atoms with Crippen LogP contribution in [0.2, 0.25) is 0 Å². The molecule has 2 rings (SSSR count). The van der Waals surface area contributed by atoms with Gasteiger partial charge in [0.05, 0.1) is 13.2 Å². The monoisotopic (exact) mass is 320 g/mol. The van der Waals surface area contributed by atoms with Crippen LogP contribution in [0.4, 0.5) is 0 Å². The largest absolute Gasteiger partial charge is 0.481 e. The van der Waals surface area contributed by atoms with Crippen LogP contribution in [0.3, 0.4) is 0 Å². The highest BCUT2D eigenvalue weighted by Crippen LogP contribution is 2.21. The number of carbonyl (C=O) groups is 1. The number of ether oxygens (including phenoxy) is 2. The molecule has 0 aromatic heterocycles. The van der Waals surface area contributed by atoms with E-state index in [-0.39, 0.29) is 5.91 Å². The van der Waals surface area contributed by atoms with Crippen molar-refractivity contribution in [1.29, 1.82) is 0 Å². The van der Waals surface area contributed by atoms with E-state index in [9.17, 15) is 4.79 Å². The van der Waals surface area contributed by atoms with Crippen molar-refractivity contribution in [2.45, 2.75) is 33.3 Å². The molecule has 0 aliphatic carbocycles. The van der Waals surface area contributed by atoms with Crippen molar-refractivity contribution in [2.75, 3.05) is 39.4 Å². The molecule has 0 spiro atoms. The summed E-state index contributed by atoms with van der Waals surface area (Å²) >= 11 is 0. The van der Waals surface area contributed by atoms with Crippen LogP contribution in [0.15, 0.2) is 18.2 Å². The van der Waals surface area contributed by atoms with Gasteiger partial charge >= 0.3 is 0 Å². The first-order chi connectivity index (χ1) is 11.1. The molecule has 5 heteroatoms. The minimum absolute atomic E-state index is 0.0621. The van der Waals surface area contributed by atoms with E-state index < -0.39 is 6.10 Å². The topological polar surface area (TPSA) is 50.8 Å². The Morgan fingerprint density at radius 2 is 2.09 bits per heavy atom. The summed E-state index contributed by atoms with van der Waals surface area (Å²) in [5.41, 5.74) is 2.25. The number of benzene rings is 1. The van der Waals surface area contributed by atoms with Crippen molar-refractivity contribution in [2.24, 2.45) is 0 Å². The number of morpholine rings is 1. The predicted molar refractivity (Wildman–Crippen MR) is 90.9 cm³/mol. The summed E-state index contributed by atoms with van der Waals surface area (Å²) in [5.74, 6) is 0.717. The van der Waals surface area contributed by atoms with E-state index in [2.05, 4.69) is 10.2 Å². The minimum atomic E-state index is -0.487. The number of rotatable bonds is 7. The lowest BCUT2D eigenvalue weighted by molar-refractivity contribution is -0.127. The lowest BCUT2D eigenvalue weighted by atomic mass is 10.1. The van der Waals surface area contributed by atoms with E-state index in [1.165, 1.54) is 5.56 Å². The molecule has 0 bridgehead atoms. The average Bonchev–Trinajstić information content (AvgIpc) is 2.56. The molecule has 1 heterocycles. The van der Waals surface area contributed by atoms with Gasteiger partial charge in [-0.15, -0.1) is 0 Å². The summed E-state index contributed by atoms with van der Waals surface area (Å²) in [7, 11) is 0. The normalized spacial score (nSPS) is 16.8. The molecule has 1 aliphatic heterocycles. The summed E-state index contributed by atoms with van der Waals surface area (Å²) < 4.78 is 11.1. The van der Waals surface area contributed by atoms with Crippen molar-refractivity contribution >= 4 is 5.91 Å². The maximum Gasteiger partial charge on any atom is 0.260 e. The summed E-state index contributed by atoms with van der Waals surface area (Å²) in [5, 5.41) is 2.95. The van der Waals surface area contributed by atoms with Gasteiger partial charge in [0, 0.05) is 19.6 Å². The second-order valence-electron chi connectivity index (χ2n) is 6.06. The third-order valence-electron chi connectivity index (χ3n) is 4.28. The van der Waals surface area contributed by atoms with Crippen LogP contribution in [0.5, 0.6) is 5.75 Å². The van der Waals surface area contributed by atoms with E-state index in [1.54, 1.807) is 6.92 Å². The van der Waals surface area contributed by atoms with Gasteiger partial charge in [0.2, 0.25) is 0 Å². The quantitative estimate of drug-likeness (QED) is 0.780. The first kappa shape index (κ1) is 17.8. The molecule has 0 saturated carbocycles. The summed E-state index contributed by atoms with van der Waals surface area (Å²) in [6.07, 6.45) is 0.459. The van der Waals surface area contributed by atoms with Gasteiger partial charge in [-0.25, -0.2) is 0 Å². The third kappa shape index (κ3) is 5.52. The Labute approximate surface area is 139 Å². The maximum absolute atomic E-state index is 12.1. The van der Waals surface area contributed by atoms with Crippen molar-refractivity contribution in [3.05, 3.63) is 29.3 Å². The maximum atomic E-state index is 12.1. The smallest absolute Gasteiger partial charge is 0.260 e. The fraction of sp³-hybridized carbons (Fsp3) is 0.611. The van der Waals surface area contributed by atoms with E-state index >= 15 is 0 Å². The van der Waals surface area contributed by atoms with Crippen LogP contribution in [0, 0.1) is 13.8 Å². The van der Waals surface area contributed by atoms with Gasteiger partial charge in [0.25, 0.3) is 5.91 Å². The predicted octanol–water partition coefficient (Wildman–Crippen LogP) is 1.91. The first-order valence-electron chi connectivity index (χ1n) is 8.38. The molecule has 1 aromatic rings. The summed E-state index contributed by atoms with van der Waals surface area (Å²) in [4.78, 5) is 14.5. The molecular formula is C18H28N2O3. The molecule has 1 amide bonds. The fourth-order valence-electron chi connectivity index (χ4n) is 2.58. The SMILES string of the molecule is Cc1cccc(O[C@H](C)C(=O)NCCCN2CCOCC2)c1C. The van der Waals surface area contributed by atoms with Crippen LogP contribution < -0.4 is 10.1 Å². The Kier molecular flexibility index (Phi) is 6.86. The van der Waals surface area contributed by atoms with Crippen LogP contribution in [0.1, 0.15) is 24.5 Å². The van der Waals surface area contributed by atoms with E-state index in [0.29, 0.717) is 6.54 Å². The molecule has 5 nitrogen and oxygen atoms in total. The molecule has 1 fully saturated rings. The number of amides is 1. The van der Waals surface area contributed by atoms with Gasteiger partial charge in [0.1, 0.15) is 5.75 Å². The molecule has 1 atom stereocenters. The molecule has 1 aliphatic rings. The third-order valence-corrected chi connectivity index (χ3v) is 4.28. The molecule has 1 saturated heterocycles. The van der Waals surface area contributed by atoms with Crippen molar-refractivity contribution in [1.82, 2.24) is 10.2 Å². The summed E-state index contributed by atoms with van der Waals surface area (Å²) in [6, 6.07) is 5.90. The number of aryl methyl sites for hydroxylation is 1. The number of nitrogens with one attached hydrogen (secondary N) is 1. The Hall–Kier alpha value is -1.59. The van der Waals surface area contributed by atoms with E-state index in [0.717, 1.165) is 50.6 Å². The van der Waals surface area contributed by atoms with Crippen molar-refractivity contribution < 1.29 is 14.3 Å². The molecule has 1 aromatic carbocycles. The molecule has 0 unspecified atom stereocenters. The number of hydrogen-bond donors (Lipinski definition) is 1. The van der Waals surface area contributed by atoms with Crippen LogP contribution in [-0.2, 0) is 9.53 Å². The number of nitrogens with zero attached hydrogens (tertiary/aromatic N) is 1. The lowest BCUT2D eigenvalue weighted by Gasteiger charge is -2.26. The van der Waals surface area contributed by atoms with Gasteiger partial charge < -0.3 is 14.8 Å². The standard InChI is InChI=1S/C18H28N2O3/c1-14-6-4-7-17(15(14)2)23-16(3)18(21)19-8-5-9-20-10-12-22-13-11-20/h4,6-7,16H,5,8-13H2,1-3H3,(H,19,21)/t16-/m1/s1. The van der Waals surface area contributed by atoms with Crippen molar-refractivity contribution in [3.63, 3.8) is 0 Å². The Bertz CT molecular complexity index is 513. The number of hydrogen-bond acceptors (Lipinski definition) is 4. The zero-order chi connectivity index (χ0) is 16.7. The highest BCUT2D eigenvalue weighted by atomic mass is 16.5. The van der Waals surface area contributed by atoms with Crippen LogP contribution in [0.25, 0.3) is 0 Å². The van der Waals surface area contributed by atoms with E-state index in [1.807, 2.05) is 32.0 Å². The lowest BCUT2D eigenvalue weighted by Crippen LogP contribution is -2.40. The van der Waals surface area contributed by atoms with Gasteiger partial charge in [-0.05, 0) is 50.9 Å². The molecular weight excluding hydrogens is 292 g/mol. The highest BCUT2D eigenvalue weighted by Gasteiger charge is 2.16. The van der Waals surface area contributed by atoms with Gasteiger partial charge in [0.15, 0.2) is 6.10 Å². The Balaban J connectivity index is 1.69. The summed E-state index contributed by atoms with van der Waals surface area (Å²) in [6.45, 7) is 11.1. The van der Waals surface area contributed by atoms with Gasteiger partial charge in [-0.3, -0.25) is 9.69 Å². The Morgan fingerprint density at radius 3 is 2.83 bits per heavy atom. The average molecular weight is 320 g/mol. The fourth-order valence-corrected chi connectivity index (χ4v) is 2.58. The minimum Gasteiger partial charge on any atom is -0.481 e. The Morgan fingerprint density at radius 1 is 1.35 bits per heavy atom. The van der Waals surface area contributed by atoms with Crippen molar-refractivity contribution in [3.8, 4) is 5.75 Å². The first-order valence-corrected chi connectivity index (χ1v) is 8.38. The van der Waals surface area contributed by atoms with E-state index in [4.69, 9.17) is 9.47 Å². The second-order valence-corrected chi connectivity index (χ2v) is 6.06. The molecule has 0 radical (unpaired) electrons. The van der Waals surface area contributed by atoms with Crippen LogP contribution in [-0.4, -0.2) is 56.3 Å². The second kappa shape index (κ2) is 8.89. The molecule has 23 heavy (non-hydrogen) atoms. The molecule has 128 valence electrons. The van der Waals surface area contributed by atoms with Gasteiger partial charge in [-0.1, -0.05) is 12.1 Å².